The van der Waals surface area contributed by atoms with Crippen LogP contribution in [0.5, 0.6) is 0 Å². The van der Waals surface area contributed by atoms with Gasteiger partial charge in [0.15, 0.2) is 9.84 Å². The Hall–Kier alpha value is -0.580. The van der Waals surface area contributed by atoms with E-state index in [1.54, 1.807) is 20.8 Å². The first-order chi connectivity index (χ1) is 7.23. The van der Waals surface area contributed by atoms with Crippen molar-refractivity contribution in [2.45, 2.75) is 51.5 Å². The van der Waals surface area contributed by atoms with Gasteiger partial charge >= 0.3 is 5.97 Å². The van der Waals surface area contributed by atoms with Crippen molar-refractivity contribution in [3.8, 4) is 0 Å². The third-order valence-corrected chi connectivity index (χ3v) is 5.65. The summed E-state index contributed by atoms with van der Waals surface area (Å²) in [6, 6.07) is 0. The summed E-state index contributed by atoms with van der Waals surface area (Å²) in [5, 5.41) is -1.11. The second-order valence-corrected chi connectivity index (χ2v) is 7.08. The first-order valence-electron chi connectivity index (χ1n) is 5.61. The molecule has 0 saturated carbocycles. The van der Waals surface area contributed by atoms with Gasteiger partial charge in [-0.1, -0.05) is 13.8 Å². The molecule has 0 N–H and O–H groups in total. The van der Waals surface area contributed by atoms with Crippen LogP contribution < -0.4 is 0 Å². The normalized spacial score (nSPS) is 15.9. The van der Waals surface area contributed by atoms with Crippen LogP contribution in [0.15, 0.2) is 0 Å². The van der Waals surface area contributed by atoms with Gasteiger partial charge in [-0.25, -0.2) is 8.42 Å². The minimum atomic E-state index is -3.25. The monoisotopic (exact) mass is 250 g/mol. The van der Waals surface area contributed by atoms with E-state index in [1.807, 2.05) is 13.8 Å². The molecular weight excluding hydrogens is 228 g/mol. The molecule has 0 aromatic heterocycles. The molecule has 0 bridgehead atoms. The predicted molar refractivity (Wildman–Crippen MR) is 63.9 cm³/mol. The maximum absolute atomic E-state index is 12.0. The number of sulfone groups is 1. The van der Waals surface area contributed by atoms with Gasteiger partial charge in [0, 0.05) is 0 Å². The number of rotatable bonds is 6. The lowest BCUT2D eigenvalue weighted by molar-refractivity contribution is -0.143. The molecule has 0 spiro atoms. The molecule has 4 nitrogen and oxygen atoms in total. The Kier molecular flexibility index (Phi) is 6.00. The molecule has 0 fully saturated rings. The van der Waals surface area contributed by atoms with Crippen LogP contribution in [0.2, 0.25) is 0 Å². The number of esters is 1. The molecule has 0 aliphatic carbocycles. The van der Waals surface area contributed by atoms with E-state index in [2.05, 4.69) is 0 Å². The van der Waals surface area contributed by atoms with E-state index in [9.17, 15) is 13.2 Å². The molecule has 0 aromatic rings. The maximum atomic E-state index is 12.0. The lowest BCUT2D eigenvalue weighted by Gasteiger charge is -2.20. The van der Waals surface area contributed by atoms with E-state index in [4.69, 9.17) is 4.74 Å². The second kappa shape index (κ2) is 6.23. The molecule has 0 aliphatic rings. The molecular formula is C11H22O4S. The van der Waals surface area contributed by atoms with Crippen molar-refractivity contribution < 1.29 is 17.9 Å². The van der Waals surface area contributed by atoms with Crippen LogP contribution >= 0.6 is 0 Å². The lowest BCUT2D eigenvalue weighted by Crippen LogP contribution is -2.33. The van der Waals surface area contributed by atoms with Crippen LogP contribution in [0.25, 0.3) is 0 Å². The van der Waals surface area contributed by atoms with E-state index < -0.39 is 26.3 Å². The zero-order valence-electron chi connectivity index (χ0n) is 10.7. The summed E-state index contributed by atoms with van der Waals surface area (Å²) in [5.74, 6) is -0.399. The largest absolute Gasteiger partial charge is 0.466 e. The molecule has 2 atom stereocenters. The highest BCUT2D eigenvalue weighted by molar-refractivity contribution is 7.92. The minimum absolute atomic E-state index is 0.0506. The molecule has 0 aromatic carbocycles. The van der Waals surface area contributed by atoms with Crippen molar-refractivity contribution in [2.75, 3.05) is 6.61 Å². The molecule has 5 heteroatoms. The van der Waals surface area contributed by atoms with E-state index >= 15 is 0 Å². The smallest absolute Gasteiger partial charge is 0.307 e. The van der Waals surface area contributed by atoms with E-state index in [0.717, 1.165) is 0 Å². The summed E-state index contributed by atoms with van der Waals surface area (Å²) in [6.45, 7) is 8.95. The van der Waals surface area contributed by atoms with Gasteiger partial charge in [0.1, 0.15) is 0 Å². The zero-order valence-corrected chi connectivity index (χ0v) is 11.5. The molecule has 0 heterocycles. The predicted octanol–water partition coefficient (Wildman–Crippen LogP) is 1.79. The van der Waals surface area contributed by atoms with Gasteiger partial charge in [-0.15, -0.1) is 0 Å². The maximum Gasteiger partial charge on any atom is 0.307 e. The highest BCUT2D eigenvalue weighted by Crippen LogP contribution is 2.19. The van der Waals surface area contributed by atoms with Gasteiger partial charge in [-0.2, -0.15) is 0 Å². The van der Waals surface area contributed by atoms with Gasteiger partial charge in [0.2, 0.25) is 0 Å². The SMILES string of the molecule is CCOC(=O)CC(C)S(=O)(=O)C(C)C(C)C. The molecule has 0 amide bonds. The van der Waals surface area contributed by atoms with Crippen molar-refractivity contribution >= 4 is 15.8 Å². The van der Waals surface area contributed by atoms with Gasteiger partial charge < -0.3 is 4.74 Å². The Morgan fingerprint density at radius 2 is 1.69 bits per heavy atom. The van der Waals surface area contributed by atoms with Crippen LogP contribution in [-0.4, -0.2) is 31.5 Å². The Bertz CT molecular complexity index is 319. The third kappa shape index (κ3) is 4.12. The number of hydrogen-bond donors (Lipinski definition) is 0. The fourth-order valence-electron chi connectivity index (χ4n) is 1.32. The Labute approximate surface area is 98.3 Å². The van der Waals surface area contributed by atoms with Crippen LogP contribution in [0.1, 0.15) is 41.0 Å². The molecule has 0 aliphatic heterocycles. The van der Waals surface area contributed by atoms with Crippen LogP contribution in [0, 0.1) is 5.92 Å². The lowest BCUT2D eigenvalue weighted by atomic mass is 10.2. The van der Waals surface area contributed by atoms with Gasteiger partial charge in [-0.05, 0) is 26.7 Å². The van der Waals surface area contributed by atoms with Gasteiger partial charge in [-0.3, -0.25) is 4.79 Å². The van der Waals surface area contributed by atoms with E-state index in [1.165, 1.54) is 0 Å². The van der Waals surface area contributed by atoms with E-state index in [-0.39, 0.29) is 18.9 Å². The number of carbonyl (C=O) groups excluding carboxylic acids is 1. The summed E-state index contributed by atoms with van der Waals surface area (Å²) in [7, 11) is -3.25. The average molecular weight is 250 g/mol. The highest BCUT2D eigenvalue weighted by Gasteiger charge is 2.31. The van der Waals surface area contributed by atoms with Crippen molar-refractivity contribution in [3.63, 3.8) is 0 Å². The molecule has 2 unspecified atom stereocenters. The topological polar surface area (TPSA) is 60.4 Å². The van der Waals surface area contributed by atoms with Gasteiger partial charge in [0.25, 0.3) is 0 Å². The van der Waals surface area contributed by atoms with Crippen molar-refractivity contribution in [2.24, 2.45) is 5.92 Å². The molecule has 0 saturated heterocycles. The standard InChI is InChI=1S/C11H22O4S/c1-6-15-11(12)7-9(4)16(13,14)10(5)8(2)3/h8-10H,6-7H2,1-5H3. The second-order valence-electron chi connectivity index (χ2n) is 4.36. The fourth-order valence-corrected chi connectivity index (χ4v) is 3.18. The van der Waals surface area contributed by atoms with Crippen molar-refractivity contribution in [3.05, 3.63) is 0 Å². The number of carbonyl (C=O) groups is 1. The summed E-state index contributed by atoms with van der Waals surface area (Å²) in [5.41, 5.74) is 0. The molecule has 96 valence electrons. The number of hydrogen-bond acceptors (Lipinski definition) is 4. The number of ether oxygens (including phenoxy) is 1. The third-order valence-electron chi connectivity index (χ3n) is 2.78. The summed E-state index contributed by atoms with van der Waals surface area (Å²) < 4.78 is 28.8. The average Bonchev–Trinajstić information content (AvgIpc) is 2.16. The van der Waals surface area contributed by atoms with Gasteiger partial charge in [0.05, 0.1) is 23.5 Å². The molecule has 0 radical (unpaired) electrons. The molecule has 0 rings (SSSR count). The van der Waals surface area contributed by atoms with Crippen LogP contribution in [-0.2, 0) is 19.4 Å². The van der Waals surface area contributed by atoms with Crippen molar-refractivity contribution in [1.29, 1.82) is 0 Å². The first-order valence-corrected chi connectivity index (χ1v) is 7.22. The van der Waals surface area contributed by atoms with Crippen LogP contribution in [0.4, 0.5) is 0 Å². The zero-order chi connectivity index (χ0) is 12.9. The summed E-state index contributed by atoms with van der Waals surface area (Å²) in [4.78, 5) is 11.2. The van der Waals surface area contributed by atoms with E-state index in [0.29, 0.717) is 0 Å². The minimum Gasteiger partial charge on any atom is -0.466 e. The van der Waals surface area contributed by atoms with Crippen LogP contribution in [0.3, 0.4) is 0 Å². The first kappa shape index (κ1) is 15.4. The highest BCUT2D eigenvalue weighted by atomic mass is 32.2. The van der Waals surface area contributed by atoms with Crippen molar-refractivity contribution in [1.82, 2.24) is 0 Å². The fraction of sp³-hybridized carbons (Fsp3) is 0.909. The Morgan fingerprint density at radius 1 is 1.19 bits per heavy atom. The molecule has 16 heavy (non-hydrogen) atoms. The summed E-state index contributed by atoms with van der Waals surface area (Å²) >= 11 is 0. The quantitative estimate of drug-likeness (QED) is 0.674. The summed E-state index contributed by atoms with van der Waals surface area (Å²) in [6.07, 6.45) is -0.0623. The Balaban J connectivity index is 4.59. The Morgan fingerprint density at radius 3 is 2.06 bits per heavy atom.